The molecule has 0 N–H and O–H groups in total. The van der Waals surface area contributed by atoms with Gasteiger partial charge in [-0.15, -0.1) is 0 Å². The van der Waals surface area contributed by atoms with E-state index in [9.17, 15) is 13.2 Å². The van der Waals surface area contributed by atoms with Crippen LogP contribution in [0.2, 0.25) is 0 Å². The van der Waals surface area contributed by atoms with E-state index in [4.69, 9.17) is 5.26 Å². The largest absolute Gasteiger partial charge is 0.459 e. The molecule has 0 aromatic carbocycles. The van der Waals surface area contributed by atoms with Crippen LogP contribution < -0.4 is 0 Å². The summed E-state index contributed by atoms with van der Waals surface area (Å²) in [5, 5.41) is 8.17. The molecule has 0 bridgehead atoms. The normalized spacial score (nSPS) is 11.2. The molecule has 1 aromatic rings. The van der Waals surface area contributed by atoms with Crippen molar-refractivity contribution in [2.24, 2.45) is 0 Å². The third kappa shape index (κ3) is 1.59. The third-order valence-electron chi connectivity index (χ3n) is 1.27. The van der Waals surface area contributed by atoms with E-state index in [1.807, 2.05) is 0 Å². The number of hydrogen-bond donors (Lipinski definition) is 0. The fourth-order valence-corrected chi connectivity index (χ4v) is 0.809. The number of rotatable bonds is 1. The highest BCUT2D eigenvalue weighted by molar-refractivity contribution is 5.22. The Balaban J connectivity index is 3.01. The van der Waals surface area contributed by atoms with Crippen molar-refractivity contribution < 1.29 is 17.6 Å². The zero-order chi connectivity index (χ0) is 9.19. The van der Waals surface area contributed by atoms with E-state index < -0.39 is 11.9 Å². The number of alkyl halides is 3. The van der Waals surface area contributed by atoms with Gasteiger partial charge in [0, 0.05) is 5.56 Å². The predicted molar refractivity (Wildman–Crippen MR) is 33.0 cm³/mol. The molecule has 64 valence electrons. The van der Waals surface area contributed by atoms with E-state index in [0.717, 1.165) is 12.3 Å². The van der Waals surface area contributed by atoms with E-state index in [1.54, 1.807) is 6.07 Å². The second kappa shape index (κ2) is 2.89. The van der Waals surface area contributed by atoms with Gasteiger partial charge in [-0.05, 0) is 6.07 Å². The van der Waals surface area contributed by atoms with Crippen molar-refractivity contribution >= 4 is 0 Å². The van der Waals surface area contributed by atoms with Gasteiger partial charge in [0.2, 0.25) is 5.76 Å². The fourth-order valence-electron chi connectivity index (χ4n) is 0.809. The lowest BCUT2D eigenvalue weighted by Gasteiger charge is -2.02. The summed E-state index contributed by atoms with van der Waals surface area (Å²) in [6.45, 7) is 0. The molecule has 0 saturated carbocycles. The second-order valence-corrected chi connectivity index (χ2v) is 2.11. The summed E-state index contributed by atoms with van der Waals surface area (Å²) in [6, 6.07) is 2.77. The van der Waals surface area contributed by atoms with E-state index in [0.29, 0.717) is 0 Å². The SMILES string of the molecule is N#CCc1ccoc1C(F)(F)F. The summed E-state index contributed by atoms with van der Waals surface area (Å²) < 4.78 is 40.2. The van der Waals surface area contributed by atoms with Crippen LogP contribution in [0, 0.1) is 11.3 Å². The predicted octanol–water partition coefficient (Wildman–Crippen LogP) is 2.36. The highest BCUT2D eigenvalue weighted by Crippen LogP contribution is 2.32. The van der Waals surface area contributed by atoms with Crippen LogP contribution in [0.5, 0.6) is 0 Å². The summed E-state index contributed by atoms with van der Waals surface area (Å²) in [5.74, 6) is -1.08. The van der Waals surface area contributed by atoms with Gasteiger partial charge in [-0.1, -0.05) is 0 Å². The van der Waals surface area contributed by atoms with Crippen LogP contribution in [0.4, 0.5) is 13.2 Å². The van der Waals surface area contributed by atoms with Crippen LogP contribution in [0.3, 0.4) is 0 Å². The minimum absolute atomic E-state index is 0.120. The lowest BCUT2D eigenvalue weighted by Crippen LogP contribution is -2.06. The van der Waals surface area contributed by atoms with E-state index in [1.165, 1.54) is 0 Å². The summed E-state index contributed by atoms with van der Waals surface area (Å²) >= 11 is 0. The summed E-state index contributed by atoms with van der Waals surface area (Å²) in [5.41, 5.74) is -0.120. The standard InChI is InChI=1S/C7H4F3NO/c8-7(9,10)6-5(1-3-11)2-4-12-6/h2,4H,1H2. The van der Waals surface area contributed by atoms with Gasteiger partial charge >= 0.3 is 6.18 Å². The lowest BCUT2D eigenvalue weighted by molar-refractivity contribution is -0.153. The molecule has 0 unspecified atom stereocenters. The van der Waals surface area contributed by atoms with Crippen molar-refractivity contribution in [2.45, 2.75) is 12.6 Å². The Morgan fingerprint density at radius 2 is 2.17 bits per heavy atom. The number of furan rings is 1. The van der Waals surface area contributed by atoms with E-state index >= 15 is 0 Å². The van der Waals surface area contributed by atoms with Gasteiger partial charge < -0.3 is 4.42 Å². The Kier molecular flexibility index (Phi) is 2.09. The van der Waals surface area contributed by atoms with E-state index in [2.05, 4.69) is 4.42 Å². The average Bonchev–Trinajstić information content (AvgIpc) is 2.34. The summed E-state index contributed by atoms with van der Waals surface area (Å²) in [7, 11) is 0. The zero-order valence-corrected chi connectivity index (χ0v) is 5.85. The van der Waals surface area contributed by atoms with Gasteiger partial charge in [0.15, 0.2) is 0 Å². The monoisotopic (exact) mass is 175 g/mol. The number of halogens is 3. The smallest absolute Gasteiger partial charge is 0.449 e. The third-order valence-corrected chi connectivity index (χ3v) is 1.27. The molecule has 1 aromatic heterocycles. The van der Waals surface area contributed by atoms with Crippen LogP contribution in [-0.2, 0) is 12.6 Å². The molecule has 1 heterocycles. The molecule has 0 aliphatic carbocycles. The maximum atomic E-state index is 12.0. The first-order chi connectivity index (χ1) is 5.55. The molecule has 0 amide bonds. The summed E-state index contributed by atoms with van der Waals surface area (Å²) in [6.07, 6.45) is -3.86. The zero-order valence-electron chi connectivity index (χ0n) is 5.85. The maximum absolute atomic E-state index is 12.0. The Bertz CT molecular complexity index is 307. The number of nitrogens with zero attached hydrogens (tertiary/aromatic N) is 1. The first-order valence-electron chi connectivity index (χ1n) is 3.06. The molecule has 0 aliphatic heterocycles. The Morgan fingerprint density at radius 1 is 1.50 bits per heavy atom. The lowest BCUT2D eigenvalue weighted by atomic mass is 10.2. The molecule has 0 radical (unpaired) electrons. The van der Waals surface area contributed by atoms with Crippen LogP contribution in [0.15, 0.2) is 16.7 Å². The molecule has 5 heteroatoms. The maximum Gasteiger partial charge on any atom is 0.449 e. The Morgan fingerprint density at radius 3 is 2.67 bits per heavy atom. The molecule has 1 rings (SSSR count). The minimum atomic E-state index is -4.50. The molecule has 0 saturated heterocycles. The Hall–Kier alpha value is -1.44. The van der Waals surface area contributed by atoms with Gasteiger partial charge in [0.1, 0.15) is 0 Å². The molecular formula is C7H4F3NO. The van der Waals surface area contributed by atoms with Crippen LogP contribution >= 0.6 is 0 Å². The van der Waals surface area contributed by atoms with Gasteiger partial charge in [0.25, 0.3) is 0 Å². The topological polar surface area (TPSA) is 36.9 Å². The van der Waals surface area contributed by atoms with Gasteiger partial charge in [-0.2, -0.15) is 18.4 Å². The molecular weight excluding hydrogens is 171 g/mol. The number of hydrogen-bond acceptors (Lipinski definition) is 2. The quantitative estimate of drug-likeness (QED) is 0.656. The second-order valence-electron chi connectivity index (χ2n) is 2.11. The van der Waals surface area contributed by atoms with Crippen molar-refractivity contribution in [2.75, 3.05) is 0 Å². The van der Waals surface area contributed by atoms with Crippen molar-refractivity contribution in [1.29, 1.82) is 5.26 Å². The van der Waals surface area contributed by atoms with Crippen molar-refractivity contribution in [3.8, 4) is 6.07 Å². The molecule has 2 nitrogen and oxygen atoms in total. The summed E-state index contributed by atoms with van der Waals surface area (Å²) in [4.78, 5) is 0. The first-order valence-corrected chi connectivity index (χ1v) is 3.06. The molecule has 0 spiro atoms. The molecule has 0 fully saturated rings. The van der Waals surface area contributed by atoms with Crippen molar-refractivity contribution in [3.05, 3.63) is 23.7 Å². The molecule has 0 atom stereocenters. The van der Waals surface area contributed by atoms with Gasteiger partial charge in [-0.25, -0.2) is 0 Å². The van der Waals surface area contributed by atoms with Crippen molar-refractivity contribution in [1.82, 2.24) is 0 Å². The van der Waals surface area contributed by atoms with Crippen LogP contribution in [-0.4, -0.2) is 0 Å². The number of nitriles is 1. The molecule has 0 aliphatic rings. The van der Waals surface area contributed by atoms with Crippen LogP contribution in [0.1, 0.15) is 11.3 Å². The van der Waals surface area contributed by atoms with Crippen LogP contribution in [0.25, 0.3) is 0 Å². The Labute approximate surface area is 66.2 Å². The van der Waals surface area contributed by atoms with E-state index in [-0.39, 0.29) is 12.0 Å². The highest BCUT2D eigenvalue weighted by Gasteiger charge is 2.36. The van der Waals surface area contributed by atoms with Gasteiger partial charge in [-0.3, -0.25) is 0 Å². The first kappa shape index (κ1) is 8.65. The fraction of sp³-hybridized carbons (Fsp3) is 0.286. The van der Waals surface area contributed by atoms with Crippen molar-refractivity contribution in [3.63, 3.8) is 0 Å². The average molecular weight is 175 g/mol. The van der Waals surface area contributed by atoms with Gasteiger partial charge in [0.05, 0.1) is 18.8 Å². The molecule has 12 heavy (non-hydrogen) atoms. The highest BCUT2D eigenvalue weighted by atomic mass is 19.4. The minimum Gasteiger partial charge on any atom is -0.459 e.